The van der Waals surface area contributed by atoms with Crippen molar-refractivity contribution in [2.24, 2.45) is 0 Å². The first-order valence-corrected chi connectivity index (χ1v) is 8.09. The van der Waals surface area contributed by atoms with Crippen LogP contribution in [0.15, 0.2) is 66.3 Å². The Balaban J connectivity index is 1.81. The number of hydrogen-bond acceptors (Lipinski definition) is 1. The SMILES string of the molecule is C=CC(OC(C1=CCCC1)C1=CCCC1)c1ccccc1. The lowest BCUT2D eigenvalue weighted by atomic mass is 9.99. The first kappa shape index (κ1) is 14.3. The standard InChI is InChI=1S/C20H24O/c1-2-19(16-10-4-3-5-11-16)21-20(17-12-6-7-13-17)18-14-8-9-15-18/h2-5,10-12,14,19-20H,1,6-9,13,15H2. The molecule has 0 saturated carbocycles. The molecule has 2 aliphatic carbocycles. The molecule has 0 aliphatic heterocycles. The third kappa shape index (κ3) is 3.36. The predicted molar refractivity (Wildman–Crippen MR) is 88.1 cm³/mol. The monoisotopic (exact) mass is 280 g/mol. The molecule has 1 heteroatoms. The van der Waals surface area contributed by atoms with Crippen molar-refractivity contribution in [3.05, 3.63) is 71.8 Å². The summed E-state index contributed by atoms with van der Waals surface area (Å²) in [5.41, 5.74) is 4.14. The van der Waals surface area contributed by atoms with E-state index in [0.717, 1.165) is 0 Å². The normalized spacial score (nSPS) is 19.5. The summed E-state index contributed by atoms with van der Waals surface area (Å²) in [5, 5.41) is 0. The average Bonchev–Trinajstić information content (AvgIpc) is 3.23. The van der Waals surface area contributed by atoms with Crippen LogP contribution in [-0.2, 0) is 4.74 Å². The van der Waals surface area contributed by atoms with Gasteiger partial charge in [0.25, 0.3) is 0 Å². The lowest BCUT2D eigenvalue weighted by Crippen LogP contribution is -2.20. The van der Waals surface area contributed by atoms with Gasteiger partial charge >= 0.3 is 0 Å². The van der Waals surface area contributed by atoms with Crippen molar-refractivity contribution in [3.8, 4) is 0 Å². The predicted octanol–water partition coefficient (Wildman–Crippen LogP) is 5.52. The lowest BCUT2D eigenvalue weighted by Gasteiger charge is -2.26. The van der Waals surface area contributed by atoms with Gasteiger partial charge in [0, 0.05) is 0 Å². The second-order valence-electron chi connectivity index (χ2n) is 5.93. The smallest absolute Gasteiger partial charge is 0.102 e. The zero-order valence-electron chi connectivity index (χ0n) is 12.6. The van der Waals surface area contributed by atoms with Crippen LogP contribution in [0.2, 0.25) is 0 Å². The lowest BCUT2D eigenvalue weighted by molar-refractivity contribution is 0.0521. The maximum atomic E-state index is 6.50. The molecule has 0 N–H and O–H groups in total. The maximum absolute atomic E-state index is 6.50. The van der Waals surface area contributed by atoms with E-state index < -0.39 is 0 Å². The molecule has 21 heavy (non-hydrogen) atoms. The molecular formula is C20H24O. The van der Waals surface area contributed by atoms with Gasteiger partial charge in [-0.1, -0.05) is 48.6 Å². The molecule has 0 aromatic heterocycles. The third-order valence-electron chi connectivity index (χ3n) is 4.45. The van der Waals surface area contributed by atoms with Crippen molar-refractivity contribution in [1.82, 2.24) is 0 Å². The van der Waals surface area contributed by atoms with Crippen molar-refractivity contribution in [2.75, 3.05) is 0 Å². The van der Waals surface area contributed by atoms with Gasteiger partial charge in [-0.2, -0.15) is 0 Å². The molecule has 0 amide bonds. The largest absolute Gasteiger partial charge is 0.357 e. The highest BCUT2D eigenvalue weighted by molar-refractivity contribution is 5.29. The van der Waals surface area contributed by atoms with Crippen LogP contribution in [0, 0.1) is 0 Å². The summed E-state index contributed by atoms with van der Waals surface area (Å²) in [6.07, 6.45) is 14.1. The number of ether oxygens (including phenoxy) is 1. The van der Waals surface area contributed by atoms with Crippen LogP contribution >= 0.6 is 0 Å². The maximum Gasteiger partial charge on any atom is 0.102 e. The Morgan fingerprint density at radius 3 is 2.05 bits per heavy atom. The van der Waals surface area contributed by atoms with Crippen LogP contribution in [0.1, 0.15) is 50.2 Å². The summed E-state index contributed by atoms with van der Waals surface area (Å²) in [4.78, 5) is 0. The van der Waals surface area contributed by atoms with Crippen molar-refractivity contribution in [3.63, 3.8) is 0 Å². The Morgan fingerprint density at radius 1 is 0.952 bits per heavy atom. The molecule has 0 radical (unpaired) electrons. The summed E-state index contributed by atoms with van der Waals surface area (Å²) >= 11 is 0. The van der Waals surface area contributed by atoms with Gasteiger partial charge in [0.15, 0.2) is 0 Å². The highest BCUT2D eigenvalue weighted by atomic mass is 16.5. The molecule has 2 aliphatic rings. The topological polar surface area (TPSA) is 9.23 Å². The van der Waals surface area contributed by atoms with Crippen molar-refractivity contribution < 1.29 is 4.74 Å². The Hall–Kier alpha value is -1.60. The van der Waals surface area contributed by atoms with Gasteiger partial charge in [0.05, 0.1) is 0 Å². The Kier molecular flexibility index (Phi) is 4.72. The van der Waals surface area contributed by atoms with E-state index in [9.17, 15) is 0 Å². The molecule has 0 heterocycles. The highest BCUT2D eigenvalue weighted by Crippen LogP contribution is 2.35. The minimum atomic E-state index is -0.0285. The third-order valence-corrected chi connectivity index (χ3v) is 4.45. The number of hydrogen-bond donors (Lipinski definition) is 0. The van der Waals surface area contributed by atoms with E-state index in [4.69, 9.17) is 4.74 Å². The second-order valence-corrected chi connectivity index (χ2v) is 5.93. The highest BCUT2D eigenvalue weighted by Gasteiger charge is 2.26. The van der Waals surface area contributed by atoms with Crippen LogP contribution in [-0.4, -0.2) is 6.10 Å². The average molecular weight is 280 g/mol. The molecule has 1 aromatic rings. The zero-order valence-corrected chi connectivity index (χ0v) is 12.6. The molecule has 110 valence electrons. The first-order valence-electron chi connectivity index (χ1n) is 8.09. The fourth-order valence-electron chi connectivity index (χ4n) is 3.34. The molecule has 0 fully saturated rings. The van der Waals surface area contributed by atoms with Crippen molar-refractivity contribution in [1.29, 1.82) is 0 Å². The van der Waals surface area contributed by atoms with Gasteiger partial charge in [0.2, 0.25) is 0 Å². The van der Waals surface area contributed by atoms with Crippen LogP contribution in [0.4, 0.5) is 0 Å². The van der Waals surface area contributed by atoms with Gasteiger partial charge in [0.1, 0.15) is 12.2 Å². The van der Waals surface area contributed by atoms with Gasteiger partial charge in [-0.3, -0.25) is 0 Å². The summed E-state index contributed by atoms with van der Waals surface area (Å²) in [7, 11) is 0. The van der Waals surface area contributed by atoms with E-state index in [1.165, 1.54) is 55.2 Å². The molecule has 0 spiro atoms. The summed E-state index contributed by atoms with van der Waals surface area (Å²) < 4.78 is 6.50. The molecule has 1 atom stereocenters. The van der Waals surface area contributed by atoms with Gasteiger partial charge in [-0.25, -0.2) is 0 Å². The molecular weight excluding hydrogens is 256 g/mol. The van der Waals surface area contributed by atoms with Gasteiger partial charge < -0.3 is 4.74 Å². The van der Waals surface area contributed by atoms with Crippen LogP contribution in [0.3, 0.4) is 0 Å². The van der Waals surface area contributed by atoms with Crippen LogP contribution in [0.5, 0.6) is 0 Å². The molecule has 1 unspecified atom stereocenters. The van der Waals surface area contributed by atoms with E-state index in [0.29, 0.717) is 0 Å². The van der Waals surface area contributed by atoms with E-state index in [1.54, 1.807) is 0 Å². The fraction of sp³-hybridized carbons (Fsp3) is 0.400. The zero-order chi connectivity index (χ0) is 14.5. The van der Waals surface area contributed by atoms with Crippen molar-refractivity contribution in [2.45, 2.75) is 50.7 Å². The Morgan fingerprint density at radius 2 is 1.57 bits per heavy atom. The summed E-state index contributed by atoms with van der Waals surface area (Å²) in [6, 6.07) is 10.4. The first-order chi connectivity index (χ1) is 10.4. The molecule has 1 nitrogen and oxygen atoms in total. The van der Waals surface area contributed by atoms with Gasteiger partial charge in [-0.15, -0.1) is 6.58 Å². The fourth-order valence-corrected chi connectivity index (χ4v) is 3.34. The Bertz CT molecular complexity index is 514. The molecule has 1 aromatic carbocycles. The summed E-state index contributed by atoms with van der Waals surface area (Å²) in [6.45, 7) is 3.98. The second kappa shape index (κ2) is 6.91. The van der Waals surface area contributed by atoms with Crippen molar-refractivity contribution >= 4 is 0 Å². The Labute approximate surface area is 128 Å². The van der Waals surface area contributed by atoms with E-state index in [-0.39, 0.29) is 12.2 Å². The molecule has 0 saturated heterocycles. The van der Waals surface area contributed by atoms with Crippen LogP contribution < -0.4 is 0 Å². The molecule has 3 rings (SSSR count). The van der Waals surface area contributed by atoms with E-state index in [1.807, 2.05) is 12.1 Å². The molecule has 0 bridgehead atoms. The number of allylic oxidation sites excluding steroid dienone is 2. The number of rotatable bonds is 6. The summed E-state index contributed by atoms with van der Waals surface area (Å²) in [5.74, 6) is 0. The number of benzene rings is 1. The minimum absolute atomic E-state index is 0.0285. The van der Waals surface area contributed by atoms with E-state index in [2.05, 4.69) is 43.0 Å². The quantitative estimate of drug-likeness (QED) is 0.623. The van der Waals surface area contributed by atoms with E-state index >= 15 is 0 Å². The minimum Gasteiger partial charge on any atom is -0.357 e. The van der Waals surface area contributed by atoms with Crippen LogP contribution in [0.25, 0.3) is 0 Å². The van der Waals surface area contributed by atoms with Gasteiger partial charge in [-0.05, 0) is 55.2 Å².